The summed E-state index contributed by atoms with van der Waals surface area (Å²) in [6, 6.07) is 0. The molecule has 2 rings (SSSR count). The van der Waals surface area contributed by atoms with Crippen LogP contribution < -0.4 is 0 Å². The zero-order valence-corrected chi connectivity index (χ0v) is 11.7. The second-order valence-electron chi connectivity index (χ2n) is 5.14. The summed E-state index contributed by atoms with van der Waals surface area (Å²) in [4.78, 5) is 6.25. The van der Waals surface area contributed by atoms with Crippen molar-refractivity contribution in [2.75, 3.05) is 0 Å². The summed E-state index contributed by atoms with van der Waals surface area (Å²) in [5.41, 5.74) is 1.39. The minimum atomic E-state index is 0.896. The van der Waals surface area contributed by atoms with Crippen LogP contribution in [0.5, 0.6) is 0 Å². The molecule has 0 aliphatic heterocycles. The van der Waals surface area contributed by atoms with Crippen molar-refractivity contribution >= 4 is 11.3 Å². The molecule has 1 aromatic heterocycles. The van der Waals surface area contributed by atoms with Gasteiger partial charge in [-0.15, -0.1) is 17.9 Å². The fourth-order valence-electron chi connectivity index (χ4n) is 2.77. The van der Waals surface area contributed by atoms with Crippen molar-refractivity contribution in [3.05, 3.63) is 28.2 Å². The normalized spacial score (nSPS) is 17.2. The van der Waals surface area contributed by atoms with Gasteiger partial charge in [0.1, 0.15) is 0 Å². The molecule has 0 spiro atoms. The van der Waals surface area contributed by atoms with Gasteiger partial charge >= 0.3 is 0 Å². The van der Waals surface area contributed by atoms with E-state index in [4.69, 9.17) is 4.98 Å². The molecule has 1 saturated carbocycles. The van der Waals surface area contributed by atoms with Gasteiger partial charge in [-0.1, -0.05) is 38.2 Å². The zero-order valence-electron chi connectivity index (χ0n) is 10.9. The Bertz CT molecular complexity index is 361. The second kappa shape index (κ2) is 6.34. The van der Waals surface area contributed by atoms with Crippen LogP contribution in [0, 0.1) is 12.8 Å². The van der Waals surface area contributed by atoms with E-state index in [2.05, 4.69) is 13.5 Å². The standard InChI is InChI=1S/C15H23NS/c1-3-4-10-15-14(16-12(2)17-15)11-13-8-6-5-7-9-13/h3,13H,1,4-11H2,2H3. The lowest BCUT2D eigenvalue weighted by atomic mass is 9.86. The maximum Gasteiger partial charge on any atom is 0.0900 e. The van der Waals surface area contributed by atoms with E-state index in [1.165, 1.54) is 54.1 Å². The molecule has 1 aliphatic rings. The maximum atomic E-state index is 4.74. The smallest absolute Gasteiger partial charge is 0.0900 e. The molecule has 0 bridgehead atoms. The van der Waals surface area contributed by atoms with E-state index < -0.39 is 0 Å². The monoisotopic (exact) mass is 249 g/mol. The molecule has 1 nitrogen and oxygen atoms in total. The van der Waals surface area contributed by atoms with Crippen molar-refractivity contribution in [3.63, 3.8) is 0 Å². The van der Waals surface area contributed by atoms with Gasteiger partial charge in [0.2, 0.25) is 0 Å². The van der Waals surface area contributed by atoms with Crippen molar-refractivity contribution in [1.82, 2.24) is 4.98 Å². The van der Waals surface area contributed by atoms with Crippen molar-refractivity contribution in [2.24, 2.45) is 5.92 Å². The molecule has 0 N–H and O–H groups in total. The molecule has 0 radical (unpaired) electrons. The molecule has 17 heavy (non-hydrogen) atoms. The summed E-state index contributed by atoms with van der Waals surface area (Å²) in [5, 5.41) is 1.23. The zero-order chi connectivity index (χ0) is 12.1. The highest BCUT2D eigenvalue weighted by molar-refractivity contribution is 7.11. The maximum absolute atomic E-state index is 4.74. The molecule has 1 aliphatic carbocycles. The summed E-state index contributed by atoms with van der Waals surface area (Å²) in [6.45, 7) is 5.94. The minimum absolute atomic E-state index is 0.896. The van der Waals surface area contributed by atoms with E-state index in [-0.39, 0.29) is 0 Å². The molecule has 0 aromatic carbocycles. The first-order valence-corrected chi connectivity index (χ1v) is 7.67. The highest BCUT2D eigenvalue weighted by atomic mass is 32.1. The van der Waals surface area contributed by atoms with Gasteiger partial charge in [0.05, 0.1) is 10.7 Å². The Morgan fingerprint density at radius 1 is 1.35 bits per heavy atom. The van der Waals surface area contributed by atoms with Crippen molar-refractivity contribution in [2.45, 2.75) is 58.3 Å². The number of aromatic nitrogens is 1. The summed E-state index contributed by atoms with van der Waals surface area (Å²) in [7, 11) is 0. The molecule has 0 amide bonds. The van der Waals surface area contributed by atoms with Crippen LogP contribution in [0.15, 0.2) is 12.7 Å². The Kier molecular flexibility index (Phi) is 4.78. The van der Waals surface area contributed by atoms with Gasteiger partial charge in [-0.25, -0.2) is 4.98 Å². The fraction of sp³-hybridized carbons (Fsp3) is 0.667. The summed E-state index contributed by atoms with van der Waals surface area (Å²) in [5.74, 6) is 0.896. The predicted molar refractivity (Wildman–Crippen MR) is 75.6 cm³/mol. The van der Waals surface area contributed by atoms with Gasteiger partial charge in [0.15, 0.2) is 0 Å². The molecule has 0 unspecified atom stereocenters. The summed E-state index contributed by atoms with van der Waals surface area (Å²) < 4.78 is 0. The second-order valence-corrected chi connectivity index (χ2v) is 6.43. The molecule has 0 saturated heterocycles. The van der Waals surface area contributed by atoms with E-state index in [0.29, 0.717) is 0 Å². The van der Waals surface area contributed by atoms with Gasteiger partial charge in [0.25, 0.3) is 0 Å². The average Bonchev–Trinajstić information content (AvgIpc) is 2.68. The fourth-order valence-corrected chi connectivity index (χ4v) is 3.74. The Hall–Kier alpha value is -0.630. The van der Waals surface area contributed by atoms with Crippen LogP contribution in [0.1, 0.15) is 54.1 Å². The first-order valence-electron chi connectivity index (χ1n) is 6.85. The topological polar surface area (TPSA) is 12.9 Å². The highest BCUT2D eigenvalue weighted by Gasteiger charge is 2.17. The molecule has 1 aromatic rings. The lowest BCUT2D eigenvalue weighted by Crippen LogP contribution is -2.10. The molecule has 2 heteroatoms. The third kappa shape index (κ3) is 3.67. The van der Waals surface area contributed by atoms with Crippen molar-refractivity contribution < 1.29 is 0 Å². The Morgan fingerprint density at radius 2 is 2.12 bits per heavy atom. The number of hydrogen-bond acceptors (Lipinski definition) is 2. The van der Waals surface area contributed by atoms with E-state index in [1.807, 2.05) is 17.4 Å². The number of aryl methyl sites for hydroxylation is 2. The number of thiazole rings is 1. The first kappa shape index (κ1) is 12.8. The van der Waals surface area contributed by atoms with Gasteiger partial charge in [0, 0.05) is 4.88 Å². The van der Waals surface area contributed by atoms with Crippen LogP contribution in [0.3, 0.4) is 0 Å². The van der Waals surface area contributed by atoms with Gasteiger partial charge < -0.3 is 0 Å². The molecule has 94 valence electrons. The largest absolute Gasteiger partial charge is 0.246 e. The van der Waals surface area contributed by atoms with E-state index in [1.54, 1.807) is 0 Å². The summed E-state index contributed by atoms with van der Waals surface area (Å²) >= 11 is 1.88. The SMILES string of the molecule is C=CCCc1sc(C)nc1CC1CCCCC1. The highest BCUT2D eigenvalue weighted by Crippen LogP contribution is 2.29. The Balaban J connectivity index is 2.00. The number of nitrogens with zero attached hydrogens (tertiary/aromatic N) is 1. The van der Waals surface area contributed by atoms with Crippen LogP contribution in [0.2, 0.25) is 0 Å². The predicted octanol–water partition coefficient (Wildman–Crippen LogP) is 4.69. The van der Waals surface area contributed by atoms with E-state index in [9.17, 15) is 0 Å². The van der Waals surface area contributed by atoms with Crippen molar-refractivity contribution in [3.8, 4) is 0 Å². The van der Waals surface area contributed by atoms with Gasteiger partial charge in [-0.3, -0.25) is 0 Å². The molecular formula is C15H23NS. The number of hydrogen-bond donors (Lipinski definition) is 0. The van der Waals surface area contributed by atoms with Crippen LogP contribution in [-0.2, 0) is 12.8 Å². The van der Waals surface area contributed by atoms with Gasteiger partial charge in [-0.05, 0) is 32.1 Å². The minimum Gasteiger partial charge on any atom is -0.246 e. The Morgan fingerprint density at radius 3 is 2.82 bits per heavy atom. The van der Waals surface area contributed by atoms with Crippen LogP contribution >= 0.6 is 11.3 Å². The van der Waals surface area contributed by atoms with E-state index >= 15 is 0 Å². The molecule has 0 atom stereocenters. The van der Waals surface area contributed by atoms with Crippen LogP contribution in [0.25, 0.3) is 0 Å². The Labute approximate surface area is 109 Å². The first-order chi connectivity index (χ1) is 8.29. The number of rotatable bonds is 5. The number of allylic oxidation sites excluding steroid dienone is 1. The lowest BCUT2D eigenvalue weighted by Gasteiger charge is -2.20. The van der Waals surface area contributed by atoms with Gasteiger partial charge in [-0.2, -0.15) is 0 Å². The lowest BCUT2D eigenvalue weighted by molar-refractivity contribution is 0.354. The van der Waals surface area contributed by atoms with Crippen molar-refractivity contribution in [1.29, 1.82) is 0 Å². The molecular weight excluding hydrogens is 226 g/mol. The molecule has 1 fully saturated rings. The van der Waals surface area contributed by atoms with Crippen LogP contribution in [0.4, 0.5) is 0 Å². The summed E-state index contributed by atoms with van der Waals surface area (Å²) in [6.07, 6.45) is 12.6. The van der Waals surface area contributed by atoms with Crippen LogP contribution in [-0.4, -0.2) is 4.98 Å². The third-order valence-corrected chi connectivity index (χ3v) is 4.74. The van der Waals surface area contributed by atoms with E-state index in [0.717, 1.165) is 18.8 Å². The molecule has 1 heterocycles. The quantitative estimate of drug-likeness (QED) is 0.690. The third-order valence-electron chi connectivity index (χ3n) is 3.67. The average molecular weight is 249 g/mol.